The Morgan fingerprint density at radius 2 is 2.38 bits per heavy atom. The van der Waals surface area contributed by atoms with E-state index in [-0.39, 0.29) is 0 Å². The molecule has 4 heteroatoms. The van der Waals surface area contributed by atoms with Crippen LogP contribution >= 0.6 is 22.9 Å². The topological polar surface area (TPSA) is 35.2 Å². The average Bonchev–Trinajstić information content (AvgIpc) is 2.43. The Labute approximate surface area is 86.6 Å². The van der Waals surface area contributed by atoms with Crippen LogP contribution in [-0.4, -0.2) is 12.1 Å². The van der Waals surface area contributed by atoms with E-state index in [1.54, 1.807) is 11.3 Å². The maximum atomic E-state index is 5.92. The van der Waals surface area contributed by atoms with Crippen LogP contribution in [0.1, 0.15) is 17.7 Å². The highest BCUT2D eigenvalue weighted by Gasteiger charge is 2.26. The Hall–Kier alpha value is -0.0900. The third-order valence-electron chi connectivity index (χ3n) is 2.27. The third-order valence-corrected chi connectivity index (χ3v) is 3.63. The molecule has 0 amide bonds. The molecule has 0 spiro atoms. The van der Waals surface area contributed by atoms with Crippen molar-refractivity contribution in [2.24, 2.45) is 5.73 Å². The predicted octanol–water partition coefficient (Wildman–Crippen LogP) is 2.41. The van der Waals surface area contributed by atoms with Crippen LogP contribution in [0.5, 0.6) is 0 Å². The molecule has 0 atom stereocenters. The van der Waals surface area contributed by atoms with Gasteiger partial charge in [-0.1, -0.05) is 11.6 Å². The van der Waals surface area contributed by atoms with E-state index >= 15 is 0 Å². The molecule has 1 saturated carbocycles. The van der Waals surface area contributed by atoms with Crippen LogP contribution in [0.3, 0.4) is 0 Å². The first-order valence-electron chi connectivity index (χ1n) is 4.35. The molecule has 2 nitrogen and oxygen atoms in total. The SMILES string of the molecule is NC1CC(OCc2sccc2Cl)C1. The molecule has 0 aromatic carbocycles. The first-order valence-corrected chi connectivity index (χ1v) is 5.60. The fourth-order valence-electron chi connectivity index (χ4n) is 1.36. The lowest BCUT2D eigenvalue weighted by Crippen LogP contribution is -2.41. The summed E-state index contributed by atoms with van der Waals surface area (Å²) in [6, 6.07) is 2.25. The maximum absolute atomic E-state index is 5.92. The van der Waals surface area contributed by atoms with Gasteiger partial charge in [0.25, 0.3) is 0 Å². The summed E-state index contributed by atoms with van der Waals surface area (Å²) in [4.78, 5) is 1.11. The molecule has 2 N–H and O–H groups in total. The number of hydrogen-bond donors (Lipinski definition) is 1. The van der Waals surface area contributed by atoms with Gasteiger partial charge in [0, 0.05) is 10.9 Å². The van der Waals surface area contributed by atoms with Crippen molar-refractivity contribution in [3.8, 4) is 0 Å². The minimum atomic E-state index is 0.351. The molecule has 1 aromatic rings. The van der Waals surface area contributed by atoms with Crippen molar-refractivity contribution in [3.05, 3.63) is 21.3 Å². The van der Waals surface area contributed by atoms with Crippen molar-refractivity contribution in [3.63, 3.8) is 0 Å². The van der Waals surface area contributed by atoms with E-state index < -0.39 is 0 Å². The van der Waals surface area contributed by atoms with Gasteiger partial charge in [0.05, 0.1) is 17.7 Å². The van der Waals surface area contributed by atoms with E-state index in [9.17, 15) is 0 Å². The van der Waals surface area contributed by atoms with Crippen LogP contribution in [0, 0.1) is 0 Å². The first kappa shape index (κ1) is 9.46. The van der Waals surface area contributed by atoms with Gasteiger partial charge in [-0.15, -0.1) is 11.3 Å². The van der Waals surface area contributed by atoms with Crippen LogP contribution in [0.4, 0.5) is 0 Å². The second-order valence-electron chi connectivity index (χ2n) is 3.36. The van der Waals surface area contributed by atoms with Gasteiger partial charge in [-0.05, 0) is 24.3 Å². The molecule has 1 heterocycles. The van der Waals surface area contributed by atoms with Crippen molar-refractivity contribution < 1.29 is 4.74 Å². The molecule has 2 rings (SSSR count). The summed E-state index contributed by atoms with van der Waals surface area (Å²) in [5, 5.41) is 2.79. The van der Waals surface area contributed by atoms with Crippen molar-refractivity contribution in [1.82, 2.24) is 0 Å². The molecular formula is C9H12ClNOS. The van der Waals surface area contributed by atoms with E-state index in [0.717, 1.165) is 22.7 Å². The smallest absolute Gasteiger partial charge is 0.0828 e. The summed E-state index contributed by atoms with van der Waals surface area (Å²) in [5.41, 5.74) is 5.64. The summed E-state index contributed by atoms with van der Waals surface area (Å²) in [7, 11) is 0. The Balaban J connectivity index is 1.77. The number of rotatable bonds is 3. The fraction of sp³-hybridized carbons (Fsp3) is 0.556. The molecular weight excluding hydrogens is 206 g/mol. The largest absolute Gasteiger partial charge is 0.373 e. The van der Waals surface area contributed by atoms with Crippen LogP contribution in [0.25, 0.3) is 0 Å². The van der Waals surface area contributed by atoms with Crippen LogP contribution < -0.4 is 5.73 Å². The highest BCUT2D eigenvalue weighted by molar-refractivity contribution is 7.10. The van der Waals surface area contributed by atoms with Crippen molar-refractivity contribution in [1.29, 1.82) is 0 Å². The van der Waals surface area contributed by atoms with E-state index in [1.807, 2.05) is 11.4 Å². The minimum Gasteiger partial charge on any atom is -0.373 e. The molecule has 72 valence electrons. The Bertz CT molecular complexity index is 283. The standard InChI is InChI=1S/C9H12ClNOS/c10-8-1-2-13-9(8)5-12-7-3-6(11)4-7/h1-2,6-7H,3-5,11H2. The van der Waals surface area contributed by atoms with Crippen LogP contribution in [0.2, 0.25) is 5.02 Å². The Morgan fingerprint density at radius 1 is 1.62 bits per heavy atom. The van der Waals surface area contributed by atoms with Crippen molar-refractivity contribution >= 4 is 22.9 Å². The van der Waals surface area contributed by atoms with Gasteiger partial charge in [0.2, 0.25) is 0 Å². The van der Waals surface area contributed by atoms with E-state index in [0.29, 0.717) is 18.8 Å². The lowest BCUT2D eigenvalue weighted by Gasteiger charge is -2.32. The zero-order valence-electron chi connectivity index (χ0n) is 7.20. The number of thiophene rings is 1. The summed E-state index contributed by atoms with van der Waals surface area (Å²) < 4.78 is 5.62. The van der Waals surface area contributed by atoms with E-state index in [1.165, 1.54) is 0 Å². The van der Waals surface area contributed by atoms with Gasteiger partial charge in [-0.25, -0.2) is 0 Å². The second-order valence-corrected chi connectivity index (χ2v) is 4.76. The van der Waals surface area contributed by atoms with Crippen molar-refractivity contribution in [2.45, 2.75) is 31.6 Å². The number of hydrogen-bond acceptors (Lipinski definition) is 3. The van der Waals surface area contributed by atoms with Crippen LogP contribution in [-0.2, 0) is 11.3 Å². The monoisotopic (exact) mass is 217 g/mol. The van der Waals surface area contributed by atoms with E-state index in [2.05, 4.69) is 0 Å². The van der Waals surface area contributed by atoms with Crippen molar-refractivity contribution in [2.75, 3.05) is 0 Å². The Morgan fingerprint density at radius 3 is 2.92 bits per heavy atom. The molecule has 0 bridgehead atoms. The second kappa shape index (κ2) is 3.96. The number of ether oxygens (including phenoxy) is 1. The molecule has 1 fully saturated rings. The predicted molar refractivity (Wildman–Crippen MR) is 55.1 cm³/mol. The van der Waals surface area contributed by atoms with Gasteiger partial charge in [-0.2, -0.15) is 0 Å². The zero-order valence-corrected chi connectivity index (χ0v) is 8.77. The van der Waals surface area contributed by atoms with Gasteiger partial charge < -0.3 is 10.5 Å². The number of nitrogens with two attached hydrogens (primary N) is 1. The molecule has 0 aliphatic heterocycles. The lowest BCUT2D eigenvalue weighted by molar-refractivity contribution is -0.0176. The highest BCUT2D eigenvalue weighted by atomic mass is 35.5. The normalized spacial score (nSPS) is 27.2. The average molecular weight is 218 g/mol. The molecule has 1 aliphatic carbocycles. The van der Waals surface area contributed by atoms with Gasteiger partial charge in [0.1, 0.15) is 0 Å². The summed E-state index contributed by atoms with van der Waals surface area (Å²) in [6.07, 6.45) is 2.33. The quantitative estimate of drug-likeness (QED) is 0.844. The summed E-state index contributed by atoms with van der Waals surface area (Å²) in [6.45, 7) is 0.633. The molecule has 1 aromatic heterocycles. The van der Waals surface area contributed by atoms with E-state index in [4.69, 9.17) is 22.1 Å². The highest BCUT2D eigenvalue weighted by Crippen LogP contribution is 2.27. The Kier molecular flexibility index (Phi) is 2.89. The summed E-state index contributed by atoms with van der Waals surface area (Å²) in [5.74, 6) is 0. The van der Waals surface area contributed by atoms with Gasteiger partial charge in [0.15, 0.2) is 0 Å². The number of halogens is 1. The van der Waals surface area contributed by atoms with Gasteiger partial charge >= 0.3 is 0 Å². The fourth-order valence-corrected chi connectivity index (χ4v) is 2.38. The summed E-state index contributed by atoms with van der Waals surface area (Å²) >= 11 is 7.56. The minimum absolute atomic E-state index is 0.351. The molecule has 1 aliphatic rings. The van der Waals surface area contributed by atoms with Gasteiger partial charge in [-0.3, -0.25) is 0 Å². The first-order chi connectivity index (χ1) is 6.25. The third kappa shape index (κ3) is 2.23. The molecule has 0 radical (unpaired) electrons. The lowest BCUT2D eigenvalue weighted by atomic mass is 9.90. The maximum Gasteiger partial charge on any atom is 0.0828 e. The molecule has 13 heavy (non-hydrogen) atoms. The van der Waals surface area contributed by atoms with Crippen LogP contribution in [0.15, 0.2) is 11.4 Å². The molecule has 0 saturated heterocycles. The zero-order chi connectivity index (χ0) is 9.26. The molecule has 0 unspecified atom stereocenters.